The van der Waals surface area contributed by atoms with Crippen LogP contribution in [0.5, 0.6) is 0 Å². The summed E-state index contributed by atoms with van der Waals surface area (Å²) in [4.78, 5) is 4.19. The van der Waals surface area contributed by atoms with Gasteiger partial charge in [-0.25, -0.2) is 0 Å². The van der Waals surface area contributed by atoms with Crippen LogP contribution in [-0.2, 0) is 7.05 Å². The minimum Gasteiger partial charge on any atom is -0.336 e. The quantitative estimate of drug-likeness (QED) is 0.821. The van der Waals surface area contributed by atoms with E-state index in [4.69, 9.17) is 4.52 Å². The smallest absolute Gasteiger partial charge is 0.321 e. The van der Waals surface area contributed by atoms with Crippen molar-refractivity contribution in [2.24, 2.45) is 7.05 Å². The van der Waals surface area contributed by atoms with Gasteiger partial charge in [-0.2, -0.15) is 10.1 Å². The lowest BCUT2D eigenvalue weighted by Gasteiger charge is -2.01. The number of hydrogen-bond donors (Lipinski definition) is 1. The number of nitrogens with zero attached hydrogens (tertiary/aromatic N) is 4. The first-order valence-corrected chi connectivity index (χ1v) is 4.74. The van der Waals surface area contributed by atoms with E-state index in [9.17, 15) is 0 Å². The lowest BCUT2D eigenvalue weighted by atomic mass is 10.3. The normalized spacial score (nSPS) is 10.9. The van der Waals surface area contributed by atoms with E-state index >= 15 is 0 Å². The third-order valence-electron chi connectivity index (χ3n) is 1.80. The summed E-state index contributed by atoms with van der Waals surface area (Å²) >= 11 is 0. The minimum atomic E-state index is 0.271. The van der Waals surface area contributed by atoms with Crippen molar-refractivity contribution in [1.82, 2.24) is 19.9 Å². The van der Waals surface area contributed by atoms with Crippen LogP contribution >= 0.6 is 0 Å². The molecule has 1 N–H and O–H groups in total. The van der Waals surface area contributed by atoms with Gasteiger partial charge in [0, 0.05) is 19.3 Å². The maximum absolute atomic E-state index is 5.03. The highest BCUT2D eigenvalue weighted by Gasteiger charge is 2.10. The molecule has 0 aromatic carbocycles. The van der Waals surface area contributed by atoms with Gasteiger partial charge in [-0.1, -0.05) is 5.16 Å². The Morgan fingerprint density at radius 2 is 2.27 bits per heavy atom. The van der Waals surface area contributed by atoms with Crippen LogP contribution in [0.2, 0.25) is 0 Å². The Hall–Kier alpha value is -1.85. The van der Waals surface area contributed by atoms with E-state index in [1.807, 2.05) is 27.1 Å². The molecule has 15 heavy (non-hydrogen) atoms. The molecule has 0 atom stereocenters. The molecule has 80 valence electrons. The Morgan fingerprint density at radius 3 is 2.87 bits per heavy atom. The fourth-order valence-electron chi connectivity index (χ4n) is 1.18. The highest BCUT2D eigenvalue weighted by molar-refractivity contribution is 5.52. The number of rotatable bonds is 3. The first-order valence-electron chi connectivity index (χ1n) is 4.74. The molecule has 0 bridgehead atoms. The second kappa shape index (κ2) is 3.72. The van der Waals surface area contributed by atoms with Crippen molar-refractivity contribution >= 4 is 6.01 Å². The Bertz CT molecular complexity index is 445. The fourth-order valence-corrected chi connectivity index (χ4v) is 1.18. The van der Waals surface area contributed by atoms with Crippen LogP contribution in [0.3, 0.4) is 0 Å². The van der Waals surface area contributed by atoms with Gasteiger partial charge in [-0.15, -0.1) is 0 Å². The summed E-state index contributed by atoms with van der Waals surface area (Å²) in [6, 6.07) is 0.705. The van der Waals surface area contributed by atoms with Gasteiger partial charge in [0.25, 0.3) is 0 Å². The molecule has 2 heterocycles. The maximum atomic E-state index is 5.03. The number of aryl methyl sites for hydroxylation is 1. The number of aromatic nitrogens is 4. The average Bonchev–Trinajstić information content (AvgIpc) is 2.72. The maximum Gasteiger partial charge on any atom is 0.321 e. The standard InChI is InChI=1S/C9H13N5O/c1-6(2)11-9-12-8(13-15-9)7-4-10-14(3)5-7/h4-6H,1-3H3,(H,11,12,13). The molecular weight excluding hydrogens is 194 g/mol. The van der Waals surface area contributed by atoms with Gasteiger partial charge in [0.1, 0.15) is 0 Å². The van der Waals surface area contributed by atoms with E-state index < -0.39 is 0 Å². The average molecular weight is 207 g/mol. The van der Waals surface area contributed by atoms with Crippen LogP contribution < -0.4 is 5.32 Å². The molecule has 6 nitrogen and oxygen atoms in total. The van der Waals surface area contributed by atoms with Crippen molar-refractivity contribution in [3.63, 3.8) is 0 Å². The molecule has 0 aliphatic rings. The van der Waals surface area contributed by atoms with Gasteiger partial charge >= 0.3 is 6.01 Å². The van der Waals surface area contributed by atoms with Crippen molar-refractivity contribution in [2.75, 3.05) is 5.32 Å². The molecule has 2 rings (SSSR count). The van der Waals surface area contributed by atoms with Gasteiger partial charge < -0.3 is 9.84 Å². The number of anilines is 1. The van der Waals surface area contributed by atoms with Gasteiger partial charge in [0.2, 0.25) is 5.82 Å². The van der Waals surface area contributed by atoms with Crippen LogP contribution in [0.25, 0.3) is 11.4 Å². The van der Waals surface area contributed by atoms with Gasteiger partial charge in [0.15, 0.2) is 0 Å². The van der Waals surface area contributed by atoms with Crippen molar-refractivity contribution in [2.45, 2.75) is 19.9 Å². The number of nitrogens with one attached hydrogen (secondary N) is 1. The summed E-state index contributed by atoms with van der Waals surface area (Å²) in [5.41, 5.74) is 0.845. The highest BCUT2D eigenvalue weighted by atomic mass is 16.5. The van der Waals surface area contributed by atoms with Crippen molar-refractivity contribution in [3.05, 3.63) is 12.4 Å². The molecule has 0 radical (unpaired) electrons. The fraction of sp³-hybridized carbons (Fsp3) is 0.444. The molecule has 2 aromatic heterocycles. The first-order chi connectivity index (χ1) is 7.15. The van der Waals surface area contributed by atoms with E-state index in [0.717, 1.165) is 5.56 Å². The van der Waals surface area contributed by atoms with E-state index in [0.29, 0.717) is 11.8 Å². The Labute approximate surface area is 87.3 Å². The third kappa shape index (κ3) is 2.15. The van der Waals surface area contributed by atoms with Gasteiger partial charge in [-0.05, 0) is 13.8 Å². The Morgan fingerprint density at radius 1 is 1.47 bits per heavy atom. The van der Waals surface area contributed by atoms with E-state index in [1.54, 1.807) is 10.9 Å². The monoisotopic (exact) mass is 207 g/mol. The second-order valence-corrected chi connectivity index (χ2v) is 3.62. The molecule has 0 aliphatic heterocycles. The topological polar surface area (TPSA) is 68.8 Å². The molecule has 6 heteroatoms. The summed E-state index contributed by atoms with van der Waals surface area (Å²) in [5.74, 6) is 0.547. The molecular formula is C9H13N5O. The summed E-state index contributed by atoms with van der Waals surface area (Å²) in [5, 5.41) is 10.9. The molecule has 2 aromatic rings. The van der Waals surface area contributed by atoms with Crippen LogP contribution in [-0.4, -0.2) is 26.0 Å². The zero-order chi connectivity index (χ0) is 10.8. The third-order valence-corrected chi connectivity index (χ3v) is 1.80. The molecule has 0 aliphatic carbocycles. The van der Waals surface area contributed by atoms with E-state index in [1.165, 1.54) is 0 Å². The summed E-state index contributed by atoms with van der Waals surface area (Å²) in [6.45, 7) is 4.02. The van der Waals surface area contributed by atoms with Gasteiger partial charge in [-0.3, -0.25) is 4.68 Å². The van der Waals surface area contributed by atoms with Crippen molar-refractivity contribution in [1.29, 1.82) is 0 Å². The Kier molecular flexibility index (Phi) is 2.40. The highest BCUT2D eigenvalue weighted by Crippen LogP contribution is 2.16. The van der Waals surface area contributed by atoms with Crippen LogP contribution in [0.15, 0.2) is 16.9 Å². The first kappa shape index (κ1) is 9.70. The lowest BCUT2D eigenvalue weighted by molar-refractivity contribution is 0.429. The minimum absolute atomic E-state index is 0.271. The molecule has 0 amide bonds. The van der Waals surface area contributed by atoms with E-state index in [2.05, 4.69) is 20.6 Å². The second-order valence-electron chi connectivity index (χ2n) is 3.62. The summed E-state index contributed by atoms with van der Waals surface area (Å²) in [7, 11) is 1.84. The molecule has 0 spiro atoms. The SMILES string of the molecule is CC(C)Nc1nc(-c2cnn(C)c2)no1. The predicted molar refractivity (Wildman–Crippen MR) is 55.3 cm³/mol. The van der Waals surface area contributed by atoms with Crippen LogP contribution in [0, 0.1) is 0 Å². The largest absolute Gasteiger partial charge is 0.336 e. The van der Waals surface area contributed by atoms with Crippen LogP contribution in [0.1, 0.15) is 13.8 Å². The molecule has 0 unspecified atom stereocenters. The molecule has 0 fully saturated rings. The molecule has 0 saturated heterocycles. The predicted octanol–water partition coefficient (Wildman–Crippen LogP) is 1.29. The lowest BCUT2D eigenvalue weighted by Crippen LogP contribution is -2.09. The summed E-state index contributed by atoms with van der Waals surface area (Å²) < 4.78 is 6.73. The molecule has 0 saturated carbocycles. The van der Waals surface area contributed by atoms with Gasteiger partial charge in [0.05, 0.1) is 11.8 Å². The van der Waals surface area contributed by atoms with Crippen molar-refractivity contribution < 1.29 is 4.52 Å². The van der Waals surface area contributed by atoms with Crippen LogP contribution in [0.4, 0.5) is 6.01 Å². The van der Waals surface area contributed by atoms with Crippen molar-refractivity contribution in [3.8, 4) is 11.4 Å². The zero-order valence-corrected chi connectivity index (χ0v) is 8.93. The zero-order valence-electron chi connectivity index (χ0n) is 8.93. The summed E-state index contributed by atoms with van der Waals surface area (Å²) in [6.07, 6.45) is 3.54. The number of hydrogen-bond acceptors (Lipinski definition) is 5. The Balaban J connectivity index is 2.20. The van der Waals surface area contributed by atoms with E-state index in [-0.39, 0.29) is 6.04 Å².